The standard InChI is InChI=1S/C11H17NO2/c1-8-5-4-6-9(11(8)14-3)10(12)7-13-2/h4-6,10H,7,12H2,1-3H3. The van der Waals surface area contributed by atoms with E-state index in [4.69, 9.17) is 15.2 Å². The van der Waals surface area contributed by atoms with Crippen LogP contribution in [0.5, 0.6) is 5.75 Å². The highest BCUT2D eigenvalue weighted by Gasteiger charge is 2.12. The Morgan fingerprint density at radius 1 is 1.36 bits per heavy atom. The molecule has 0 saturated heterocycles. The fourth-order valence-electron chi connectivity index (χ4n) is 1.52. The lowest BCUT2D eigenvalue weighted by molar-refractivity contribution is 0.179. The van der Waals surface area contributed by atoms with Gasteiger partial charge in [0.25, 0.3) is 0 Å². The average Bonchev–Trinajstić information content (AvgIpc) is 2.17. The minimum absolute atomic E-state index is 0.130. The minimum Gasteiger partial charge on any atom is -0.496 e. The Balaban J connectivity index is 3.00. The van der Waals surface area contributed by atoms with Crippen LogP contribution in [0.2, 0.25) is 0 Å². The van der Waals surface area contributed by atoms with Crippen molar-refractivity contribution in [1.29, 1.82) is 0 Å². The van der Waals surface area contributed by atoms with E-state index < -0.39 is 0 Å². The number of rotatable bonds is 4. The fraction of sp³-hybridized carbons (Fsp3) is 0.455. The van der Waals surface area contributed by atoms with Gasteiger partial charge in [-0.25, -0.2) is 0 Å². The van der Waals surface area contributed by atoms with Gasteiger partial charge in [0, 0.05) is 12.7 Å². The second-order valence-electron chi connectivity index (χ2n) is 3.26. The highest BCUT2D eigenvalue weighted by molar-refractivity contribution is 5.42. The number of hydrogen-bond donors (Lipinski definition) is 1. The summed E-state index contributed by atoms with van der Waals surface area (Å²) in [5.74, 6) is 0.858. The highest BCUT2D eigenvalue weighted by Crippen LogP contribution is 2.27. The van der Waals surface area contributed by atoms with Crippen LogP contribution in [0.25, 0.3) is 0 Å². The number of benzene rings is 1. The molecule has 1 atom stereocenters. The molecule has 1 unspecified atom stereocenters. The molecule has 78 valence electrons. The van der Waals surface area contributed by atoms with Crippen LogP contribution in [-0.4, -0.2) is 20.8 Å². The smallest absolute Gasteiger partial charge is 0.126 e. The zero-order chi connectivity index (χ0) is 10.6. The predicted molar refractivity (Wildman–Crippen MR) is 56.5 cm³/mol. The van der Waals surface area contributed by atoms with Crippen LogP contribution in [0.15, 0.2) is 18.2 Å². The SMILES string of the molecule is COCC(N)c1cccc(C)c1OC. The summed E-state index contributed by atoms with van der Waals surface area (Å²) in [7, 11) is 3.30. The number of hydrogen-bond acceptors (Lipinski definition) is 3. The fourth-order valence-corrected chi connectivity index (χ4v) is 1.52. The molecule has 0 saturated carbocycles. The van der Waals surface area contributed by atoms with E-state index in [0.717, 1.165) is 16.9 Å². The molecule has 0 heterocycles. The van der Waals surface area contributed by atoms with E-state index >= 15 is 0 Å². The molecule has 0 spiro atoms. The van der Waals surface area contributed by atoms with Gasteiger partial charge in [0.1, 0.15) is 5.75 Å². The zero-order valence-corrected chi connectivity index (χ0v) is 8.91. The van der Waals surface area contributed by atoms with E-state index in [-0.39, 0.29) is 6.04 Å². The van der Waals surface area contributed by atoms with Crippen LogP contribution in [0.4, 0.5) is 0 Å². The average molecular weight is 195 g/mol. The summed E-state index contributed by atoms with van der Waals surface area (Å²) in [6.07, 6.45) is 0. The summed E-state index contributed by atoms with van der Waals surface area (Å²) in [5.41, 5.74) is 8.03. The Kier molecular flexibility index (Phi) is 3.92. The molecule has 2 N–H and O–H groups in total. The third-order valence-corrected chi connectivity index (χ3v) is 2.19. The van der Waals surface area contributed by atoms with E-state index in [9.17, 15) is 0 Å². The van der Waals surface area contributed by atoms with Crippen LogP contribution in [0, 0.1) is 6.92 Å². The molecular formula is C11H17NO2. The minimum atomic E-state index is -0.130. The lowest BCUT2D eigenvalue weighted by Crippen LogP contribution is -2.17. The van der Waals surface area contributed by atoms with Gasteiger partial charge < -0.3 is 15.2 Å². The van der Waals surface area contributed by atoms with E-state index in [0.29, 0.717) is 6.61 Å². The van der Waals surface area contributed by atoms with Crippen molar-refractivity contribution in [2.45, 2.75) is 13.0 Å². The first-order valence-corrected chi connectivity index (χ1v) is 4.58. The molecule has 0 amide bonds. The van der Waals surface area contributed by atoms with E-state index in [2.05, 4.69) is 0 Å². The third kappa shape index (κ3) is 2.25. The number of aryl methyl sites for hydroxylation is 1. The molecule has 0 aliphatic rings. The summed E-state index contributed by atoms with van der Waals surface area (Å²) in [4.78, 5) is 0. The molecule has 1 rings (SSSR count). The molecule has 1 aromatic carbocycles. The second-order valence-corrected chi connectivity index (χ2v) is 3.26. The summed E-state index contributed by atoms with van der Waals surface area (Å²) in [6.45, 7) is 2.50. The topological polar surface area (TPSA) is 44.5 Å². The van der Waals surface area contributed by atoms with E-state index in [1.807, 2.05) is 25.1 Å². The molecule has 0 aromatic heterocycles. The van der Waals surface area contributed by atoms with Crippen molar-refractivity contribution in [1.82, 2.24) is 0 Å². The third-order valence-electron chi connectivity index (χ3n) is 2.19. The molecule has 3 nitrogen and oxygen atoms in total. The number of nitrogens with two attached hydrogens (primary N) is 1. The predicted octanol–water partition coefficient (Wildman–Crippen LogP) is 1.65. The zero-order valence-electron chi connectivity index (χ0n) is 8.91. The van der Waals surface area contributed by atoms with Crippen molar-refractivity contribution in [3.8, 4) is 5.75 Å². The Bertz CT molecular complexity index is 299. The molecule has 1 aromatic rings. The van der Waals surface area contributed by atoms with Crippen molar-refractivity contribution in [3.05, 3.63) is 29.3 Å². The van der Waals surface area contributed by atoms with Gasteiger partial charge in [0.2, 0.25) is 0 Å². The van der Waals surface area contributed by atoms with Gasteiger partial charge in [-0.2, -0.15) is 0 Å². The normalized spacial score (nSPS) is 12.6. The summed E-state index contributed by atoms with van der Waals surface area (Å²) < 4.78 is 10.3. The lowest BCUT2D eigenvalue weighted by Gasteiger charge is -2.16. The monoisotopic (exact) mass is 195 g/mol. The highest BCUT2D eigenvalue weighted by atomic mass is 16.5. The molecule has 0 fully saturated rings. The quantitative estimate of drug-likeness (QED) is 0.794. The van der Waals surface area contributed by atoms with Gasteiger partial charge in [-0.05, 0) is 12.5 Å². The summed E-state index contributed by atoms with van der Waals surface area (Å²) >= 11 is 0. The molecule has 14 heavy (non-hydrogen) atoms. The first-order chi connectivity index (χ1) is 6.70. The van der Waals surface area contributed by atoms with Crippen molar-refractivity contribution in [3.63, 3.8) is 0 Å². The van der Waals surface area contributed by atoms with Gasteiger partial charge >= 0.3 is 0 Å². The molecule has 0 aliphatic heterocycles. The Hall–Kier alpha value is -1.06. The van der Waals surface area contributed by atoms with Crippen LogP contribution in [0.1, 0.15) is 17.2 Å². The maximum atomic E-state index is 5.95. The van der Waals surface area contributed by atoms with Crippen molar-refractivity contribution >= 4 is 0 Å². The van der Waals surface area contributed by atoms with Crippen molar-refractivity contribution < 1.29 is 9.47 Å². The van der Waals surface area contributed by atoms with Crippen LogP contribution in [0.3, 0.4) is 0 Å². The Morgan fingerprint density at radius 2 is 2.07 bits per heavy atom. The second kappa shape index (κ2) is 4.98. The maximum absolute atomic E-state index is 5.95. The van der Waals surface area contributed by atoms with Crippen LogP contribution in [-0.2, 0) is 4.74 Å². The van der Waals surface area contributed by atoms with E-state index in [1.54, 1.807) is 14.2 Å². The maximum Gasteiger partial charge on any atom is 0.126 e. The molecule has 0 aliphatic carbocycles. The van der Waals surface area contributed by atoms with Crippen molar-refractivity contribution in [2.75, 3.05) is 20.8 Å². The number of ether oxygens (including phenoxy) is 2. The van der Waals surface area contributed by atoms with Gasteiger partial charge in [-0.1, -0.05) is 18.2 Å². The lowest BCUT2D eigenvalue weighted by atomic mass is 10.0. The largest absolute Gasteiger partial charge is 0.496 e. The Labute approximate surface area is 84.8 Å². The first-order valence-electron chi connectivity index (χ1n) is 4.58. The van der Waals surface area contributed by atoms with Gasteiger partial charge in [0.05, 0.1) is 19.8 Å². The van der Waals surface area contributed by atoms with Gasteiger partial charge in [-0.3, -0.25) is 0 Å². The Morgan fingerprint density at radius 3 is 2.64 bits per heavy atom. The molecular weight excluding hydrogens is 178 g/mol. The number of para-hydroxylation sites is 1. The molecule has 3 heteroatoms. The number of methoxy groups -OCH3 is 2. The van der Waals surface area contributed by atoms with E-state index in [1.165, 1.54) is 0 Å². The summed E-state index contributed by atoms with van der Waals surface area (Å²) in [5, 5.41) is 0. The van der Waals surface area contributed by atoms with Crippen molar-refractivity contribution in [2.24, 2.45) is 5.73 Å². The molecule has 0 bridgehead atoms. The van der Waals surface area contributed by atoms with Crippen LogP contribution < -0.4 is 10.5 Å². The molecule has 0 radical (unpaired) electrons. The van der Waals surface area contributed by atoms with Crippen LogP contribution >= 0.6 is 0 Å². The van der Waals surface area contributed by atoms with Gasteiger partial charge in [0.15, 0.2) is 0 Å². The summed E-state index contributed by atoms with van der Waals surface area (Å²) in [6, 6.07) is 5.81. The van der Waals surface area contributed by atoms with Gasteiger partial charge in [-0.15, -0.1) is 0 Å². The first kappa shape index (κ1) is 11.0.